The minimum Gasteiger partial charge on any atom is -0.376 e. The average Bonchev–Trinajstić information content (AvgIpc) is 2.34. The van der Waals surface area contributed by atoms with Gasteiger partial charge in [-0.3, -0.25) is 0 Å². The highest BCUT2D eigenvalue weighted by Crippen LogP contribution is 2.28. The molecule has 114 valence electrons. The van der Waals surface area contributed by atoms with Crippen molar-refractivity contribution in [1.29, 1.82) is 0 Å². The van der Waals surface area contributed by atoms with Crippen molar-refractivity contribution in [2.45, 2.75) is 53.2 Å². The van der Waals surface area contributed by atoms with Gasteiger partial charge in [0.1, 0.15) is 0 Å². The van der Waals surface area contributed by atoms with Crippen molar-refractivity contribution in [3.8, 4) is 0 Å². The molecule has 2 atom stereocenters. The second-order valence-electron chi connectivity index (χ2n) is 6.44. The summed E-state index contributed by atoms with van der Waals surface area (Å²) in [7, 11) is 1.99. The first-order chi connectivity index (χ1) is 9.29. The van der Waals surface area contributed by atoms with E-state index in [-0.39, 0.29) is 17.6 Å². The van der Waals surface area contributed by atoms with Crippen molar-refractivity contribution in [2.75, 3.05) is 13.7 Å². The molecule has 1 rings (SSSR count). The minimum atomic E-state index is 0.0842. The Kier molecular flexibility index (Phi) is 6.50. The molecule has 0 aliphatic rings. The number of rotatable bonds is 6. The number of ether oxygens (including phenoxy) is 1. The molecule has 3 heteroatoms. The van der Waals surface area contributed by atoms with E-state index in [0.717, 1.165) is 18.1 Å². The van der Waals surface area contributed by atoms with Gasteiger partial charge in [0, 0.05) is 17.7 Å². The van der Waals surface area contributed by atoms with Crippen molar-refractivity contribution < 1.29 is 4.74 Å². The second kappa shape index (κ2) is 7.44. The molecule has 1 aromatic rings. The Hall–Kier alpha value is -0.570. The Morgan fingerprint density at radius 2 is 1.95 bits per heavy atom. The van der Waals surface area contributed by atoms with Crippen molar-refractivity contribution in [3.63, 3.8) is 0 Å². The smallest absolute Gasteiger partial charge is 0.0779 e. The summed E-state index contributed by atoms with van der Waals surface area (Å²) in [5, 5.41) is 4.24. The molecule has 0 radical (unpaired) electrons. The van der Waals surface area contributed by atoms with Crippen LogP contribution in [-0.2, 0) is 11.2 Å². The molecule has 0 aliphatic heterocycles. The van der Waals surface area contributed by atoms with Crippen LogP contribution < -0.4 is 5.32 Å². The summed E-state index contributed by atoms with van der Waals surface area (Å²) in [6.07, 6.45) is 1.02. The molecule has 2 unspecified atom stereocenters. The molecule has 0 spiro atoms. The molecule has 1 aromatic carbocycles. The van der Waals surface area contributed by atoms with E-state index < -0.39 is 0 Å². The van der Waals surface area contributed by atoms with Crippen molar-refractivity contribution in [1.82, 2.24) is 5.32 Å². The summed E-state index contributed by atoms with van der Waals surface area (Å²) in [6, 6.07) is 6.50. The lowest BCUT2D eigenvalue weighted by Gasteiger charge is -2.37. The maximum absolute atomic E-state index is 6.36. The van der Waals surface area contributed by atoms with Crippen LogP contribution in [0, 0.1) is 12.3 Å². The van der Waals surface area contributed by atoms with E-state index in [0.29, 0.717) is 0 Å². The summed E-state index contributed by atoms with van der Waals surface area (Å²) in [4.78, 5) is 0. The maximum atomic E-state index is 6.36. The lowest BCUT2D eigenvalue weighted by Crippen LogP contribution is -2.48. The van der Waals surface area contributed by atoms with Crippen LogP contribution in [-0.4, -0.2) is 25.8 Å². The molecule has 0 heterocycles. The normalized spacial score (nSPS) is 15.2. The van der Waals surface area contributed by atoms with Crippen LogP contribution in [0.1, 0.15) is 38.8 Å². The van der Waals surface area contributed by atoms with Crippen LogP contribution in [0.3, 0.4) is 0 Å². The van der Waals surface area contributed by atoms with Gasteiger partial charge < -0.3 is 10.1 Å². The average molecular weight is 298 g/mol. The topological polar surface area (TPSA) is 21.3 Å². The predicted molar refractivity (Wildman–Crippen MR) is 87.6 cm³/mol. The van der Waals surface area contributed by atoms with Gasteiger partial charge in [-0.2, -0.15) is 0 Å². The molecular formula is C17H28ClNO. The maximum Gasteiger partial charge on any atom is 0.0779 e. The molecule has 0 fully saturated rings. The summed E-state index contributed by atoms with van der Waals surface area (Å²) in [5.74, 6) is 0. The van der Waals surface area contributed by atoms with Crippen LogP contribution in [0.25, 0.3) is 0 Å². The highest BCUT2D eigenvalue weighted by atomic mass is 35.5. The van der Waals surface area contributed by atoms with E-state index in [1.807, 2.05) is 20.0 Å². The van der Waals surface area contributed by atoms with Gasteiger partial charge in [-0.05, 0) is 49.9 Å². The van der Waals surface area contributed by atoms with Crippen molar-refractivity contribution in [2.24, 2.45) is 5.41 Å². The van der Waals surface area contributed by atoms with Crippen LogP contribution in [0.5, 0.6) is 0 Å². The third-order valence-electron chi connectivity index (χ3n) is 3.58. The monoisotopic (exact) mass is 297 g/mol. The molecule has 0 aliphatic carbocycles. The highest BCUT2D eigenvalue weighted by molar-refractivity contribution is 6.31. The highest BCUT2D eigenvalue weighted by Gasteiger charge is 2.32. The van der Waals surface area contributed by atoms with Gasteiger partial charge in [0.2, 0.25) is 0 Å². The minimum absolute atomic E-state index is 0.0842. The van der Waals surface area contributed by atoms with E-state index in [4.69, 9.17) is 16.3 Å². The first kappa shape index (κ1) is 17.5. The van der Waals surface area contributed by atoms with Gasteiger partial charge >= 0.3 is 0 Å². The Bertz CT molecular complexity index is 425. The van der Waals surface area contributed by atoms with E-state index in [1.54, 1.807) is 0 Å². The summed E-state index contributed by atoms with van der Waals surface area (Å²) in [6.45, 7) is 11.5. The molecule has 0 aromatic heterocycles. The summed E-state index contributed by atoms with van der Waals surface area (Å²) >= 11 is 6.36. The predicted octanol–water partition coefficient (Wildman–Crippen LogP) is 4.23. The second-order valence-corrected chi connectivity index (χ2v) is 6.84. The van der Waals surface area contributed by atoms with Crippen LogP contribution >= 0.6 is 11.6 Å². The molecule has 20 heavy (non-hydrogen) atoms. The van der Waals surface area contributed by atoms with Crippen LogP contribution in [0.15, 0.2) is 18.2 Å². The molecule has 0 amide bonds. The van der Waals surface area contributed by atoms with Gasteiger partial charge in [0.25, 0.3) is 0 Å². The Morgan fingerprint density at radius 3 is 2.40 bits per heavy atom. The molecular weight excluding hydrogens is 270 g/mol. The summed E-state index contributed by atoms with van der Waals surface area (Å²) in [5.41, 5.74) is 2.45. The number of benzene rings is 1. The fourth-order valence-electron chi connectivity index (χ4n) is 2.56. The van der Waals surface area contributed by atoms with E-state index >= 15 is 0 Å². The third-order valence-corrected chi connectivity index (χ3v) is 3.94. The SMILES string of the molecule is CCOC(C(Cc1ccc(C)cc1Cl)NC)C(C)(C)C. The molecule has 0 bridgehead atoms. The molecule has 2 nitrogen and oxygen atoms in total. The Balaban J connectivity index is 2.94. The molecule has 0 saturated heterocycles. The fourth-order valence-corrected chi connectivity index (χ4v) is 2.88. The standard InChI is InChI=1S/C17H28ClNO/c1-7-20-16(17(3,4)5)15(19-6)11-13-9-8-12(2)10-14(13)18/h8-10,15-16,19H,7,11H2,1-6H3. The first-order valence-corrected chi connectivity index (χ1v) is 7.71. The van der Waals surface area contributed by atoms with E-state index in [2.05, 4.69) is 45.1 Å². The first-order valence-electron chi connectivity index (χ1n) is 7.33. The van der Waals surface area contributed by atoms with Gasteiger partial charge in [-0.1, -0.05) is 44.5 Å². The van der Waals surface area contributed by atoms with Crippen LogP contribution in [0.2, 0.25) is 5.02 Å². The number of halogens is 1. The Labute approximate surface area is 128 Å². The number of hydrogen-bond donors (Lipinski definition) is 1. The molecule has 1 N–H and O–H groups in total. The number of aryl methyl sites for hydroxylation is 1. The van der Waals surface area contributed by atoms with E-state index in [1.165, 1.54) is 11.1 Å². The van der Waals surface area contributed by atoms with Gasteiger partial charge in [0.05, 0.1) is 6.10 Å². The largest absolute Gasteiger partial charge is 0.376 e. The summed E-state index contributed by atoms with van der Waals surface area (Å²) < 4.78 is 5.99. The number of nitrogens with one attached hydrogen (secondary N) is 1. The quantitative estimate of drug-likeness (QED) is 0.848. The lowest BCUT2D eigenvalue weighted by molar-refractivity contribution is -0.0340. The zero-order chi connectivity index (χ0) is 15.3. The zero-order valence-corrected chi connectivity index (χ0v) is 14.3. The van der Waals surface area contributed by atoms with Gasteiger partial charge in [0.15, 0.2) is 0 Å². The number of likely N-dealkylation sites (N-methyl/N-ethyl adjacent to an activating group) is 1. The van der Waals surface area contributed by atoms with Crippen molar-refractivity contribution >= 4 is 11.6 Å². The van der Waals surface area contributed by atoms with Crippen molar-refractivity contribution in [3.05, 3.63) is 34.3 Å². The number of hydrogen-bond acceptors (Lipinski definition) is 2. The van der Waals surface area contributed by atoms with Gasteiger partial charge in [-0.15, -0.1) is 0 Å². The fraction of sp³-hybridized carbons (Fsp3) is 0.647. The molecule has 0 saturated carbocycles. The Morgan fingerprint density at radius 1 is 1.30 bits per heavy atom. The third kappa shape index (κ3) is 4.76. The van der Waals surface area contributed by atoms with Crippen LogP contribution in [0.4, 0.5) is 0 Å². The zero-order valence-electron chi connectivity index (χ0n) is 13.6. The van der Waals surface area contributed by atoms with E-state index in [9.17, 15) is 0 Å². The lowest BCUT2D eigenvalue weighted by atomic mass is 9.82. The van der Waals surface area contributed by atoms with Gasteiger partial charge in [-0.25, -0.2) is 0 Å².